The van der Waals surface area contributed by atoms with Crippen molar-refractivity contribution in [1.82, 2.24) is 0 Å². The van der Waals surface area contributed by atoms with E-state index in [-0.39, 0.29) is 35.7 Å². The summed E-state index contributed by atoms with van der Waals surface area (Å²) in [5.41, 5.74) is 0.228. The number of rotatable bonds is 4. The molecule has 0 bridgehead atoms. The standard InChI is InChI=1S/C18H17NO9S/c1-26-17(21)14-8-28-9-19(16(14)18(22)27-2)11-3-4-13-10(5-11)6-12(7-15(13)20)29(23,24)25/h3-7,20H,8-9H2,1-2H3,(H,23,24,25). The molecule has 0 spiro atoms. The van der Waals surface area contributed by atoms with Crippen LogP contribution in [0.25, 0.3) is 10.8 Å². The molecule has 154 valence electrons. The monoisotopic (exact) mass is 423 g/mol. The summed E-state index contributed by atoms with van der Waals surface area (Å²) in [6.45, 7) is -0.255. The Bertz CT molecular complexity index is 1140. The molecule has 0 aromatic heterocycles. The predicted octanol–water partition coefficient (Wildman–Crippen LogP) is 1.19. The van der Waals surface area contributed by atoms with Crippen LogP contribution in [-0.4, -0.2) is 57.6 Å². The van der Waals surface area contributed by atoms with Crippen LogP contribution in [0.1, 0.15) is 0 Å². The summed E-state index contributed by atoms with van der Waals surface area (Å²) in [5.74, 6) is -1.90. The highest BCUT2D eigenvalue weighted by atomic mass is 32.2. The molecule has 3 rings (SSSR count). The van der Waals surface area contributed by atoms with Gasteiger partial charge in [0.15, 0.2) is 0 Å². The van der Waals surface area contributed by atoms with Crippen LogP contribution in [0, 0.1) is 0 Å². The summed E-state index contributed by atoms with van der Waals surface area (Å²) >= 11 is 0. The van der Waals surface area contributed by atoms with Crippen LogP contribution in [0.4, 0.5) is 5.69 Å². The van der Waals surface area contributed by atoms with Gasteiger partial charge in [-0.25, -0.2) is 9.59 Å². The molecular formula is C18H17NO9S. The van der Waals surface area contributed by atoms with E-state index in [1.807, 2.05) is 0 Å². The van der Waals surface area contributed by atoms with Gasteiger partial charge in [0.05, 0.1) is 31.3 Å². The minimum atomic E-state index is -4.55. The van der Waals surface area contributed by atoms with E-state index in [1.165, 1.54) is 30.2 Å². The zero-order chi connectivity index (χ0) is 21.3. The summed E-state index contributed by atoms with van der Waals surface area (Å²) in [4.78, 5) is 25.3. The highest BCUT2D eigenvalue weighted by molar-refractivity contribution is 7.85. The van der Waals surface area contributed by atoms with E-state index < -0.39 is 27.0 Å². The smallest absolute Gasteiger partial charge is 0.355 e. The molecule has 1 aliphatic rings. The van der Waals surface area contributed by atoms with E-state index in [2.05, 4.69) is 0 Å². The maximum absolute atomic E-state index is 12.3. The Morgan fingerprint density at radius 1 is 1.10 bits per heavy atom. The van der Waals surface area contributed by atoms with Gasteiger partial charge in [-0.3, -0.25) is 4.55 Å². The Morgan fingerprint density at radius 3 is 2.41 bits per heavy atom. The second-order valence-corrected chi connectivity index (χ2v) is 7.46. The third kappa shape index (κ3) is 3.88. The minimum absolute atomic E-state index is 0.0415. The molecule has 10 nitrogen and oxygen atoms in total. The van der Waals surface area contributed by atoms with Gasteiger partial charge in [0, 0.05) is 17.1 Å². The lowest BCUT2D eigenvalue weighted by Crippen LogP contribution is -2.38. The Balaban J connectivity index is 2.20. The maximum Gasteiger partial charge on any atom is 0.355 e. The molecule has 2 aromatic carbocycles. The van der Waals surface area contributed by atoms with Crippen molar-refractivity contribution in [2.24, 2.45) is 0 Å². The Labute approximate surface area is 165 Å². The molecule has 29 heavy (non-hydrogen) atoms. The number of ether oxygens (including phenoxy) is 3. The number of benzene rings is 2. The van der Waals surface area contributed by atoms with Crippen LogP contribution in [0.2, 0.25) is 0 Å². The van der Waals surface area contributed by atoms with Crippen molar-refractivity contribution in [1.29, 1.82) is 0 Å². The van der Waals surface area contributed by atoms with E-state index in [0.717, 1.165) is 13.2 Å². The number of esters is 2. The van der Waals surface area contributed by atoms with Crippen molar-refractivity contribution < 1.29 is 41.9 Å². The van der Waals surface area contributed by atoms with E-state index in [0.29, 0.717) is 11.1 Å². The topological polar surface area (TPSA) is 140 Å². The summed E-state index contributed by atoms with van der Waals surface area (Å²) in [6, 6.07) is 6.60. The van der Waals surface area contributed by atoms with Crippen LogP contribution in [0.15, 0.2) is 46.5 Å². The molecular weight excluding hydrogens is 406 g/mol. The van der Waals surface area contributed by atoms with E-state index >= 15 is 0 Å². The number of phenols is 1. The molecule has 1 heterocycles. The Morgan fingerprint density at radius 2 is 1.79 bits per heavy atom. The van der Waals surface area contributed by atoms with Crippen LogP contribution >= 0.6 is 0 Å². The third-order valence-electron chi connectivity index (χ3n) is 4.33. The van der Waals surface area contributed by atoms with Crippen LogP contribution in [-0.2, 0) is 33.9 Å². The molecule has 0 saturated carbocycles. The van der Waals surface area contributed by atoms with E-state index in [4.69, 9.17) is 14.2 Å². The molecule has 0 amide bonds. The number of phenolic OH excluding ortho intramolecular Hbond substituents is 1. The summed E-state index contributed by atoms with van der Waals surface area (Å²) in [5, 5.41) is 10.7. The fourth-order valence-electron chi connectivity index (χ4n) is 2.97. The SMILES string of the molecule is COC(=O)C1=C(C(=O)OC)N(c2ccc3c(O)cc(S(=O)(=O)O)cc3c2)COC1. The van der Waals surface area contributed by atoms with Crippen molar-refractivity contribution in [2.45, 2.75) is 4.90 Å². The van der Waals surface area contributed by atoms with Crippen LogP contribution in [0.5, 0.6) is 5.75 Å². The van der Waals surface area contributed by atoms with Gasteiger partial charge in [0.25, 0.3) is 10.1 Å². The average molecular weight is 423 g/mol. The molecule has 0 unspecified atom stereocenters. The number of methoxy groups -OCH3 is 2. The minimum Gasteiger partial charge on any atom is -0.507 e. The first kappa shape index (κ1) is 20.6. The van der Waals surface area contributed by atoms with Gasteiger partial charge in [-0.2, -0.15) is 8.42 Å². The van der Waals surface area contributed by atoms with Gasteiger partial charge >= 0.3 is 11.9 Å². The molecule has 1 aliphatic heterocycles. The number of fused-ring (bicyclic) bond motifs is 1. The zero-order valence-electron chi connectivity index (χ0n) is 15.4. The molecule has 0 atom stereocenters. The number of nitrogens with zero attached hydrogens (tertiary/aromatic N) is 1. The number of hydrogen-bond acceptors (Lipinski definition) is 9. The number of aromatic hydroxyl groups is 1. The first-order valence-corrected chi connectivity index (χ1v) is 9.60. The third-order valence-corrected chi connectivity index (χ3v) is 5.16. The number of hydrogen-bond donors (Lipinski definition) is 2. The fourth-order valence-corrected chi connectivity index (χ4v) is 3.51. The van der Waals surface area contributed by atoms with Crippen molar-refractivity contribution >= 4 is 38.5 Å². The summed E-state index contributed by atoms with van der Waals surface area (Å²) in [7, 11) is -2.22. The Hall–Kier alpha value is -3.15. The van der Waals surface area contributed by atoms with E-state index in [1.54, 1.807) is 6.07 Å². The van der Waals surface area contributed by atoms with Gasteiger partial charge in [-0.15, -0.1) is 0 Å². The van der Waals surface area contributed by atoms with Crippen molar-refractivity contribution in [3.63, 3.8) is 0 Å². The van der Waals surface area contributed by atoms with Gasteiger partial charge in [-0.1, -0.05) is 0 Å². The zero-order valence-corrected chi connectivity index (χ0v) is 16.2. The molecule has 0 radical (unpaired) electrons. The summed E-state index contributed by atoms with van der Waals surface area (Å²) < 4.78 is 47.0. The lowest BCUT2D eigenvalue weighted by Gasteiger charge is -2.31. The van der Waals surface area contributed by atoms with Crippen LogP contribution < -0.4 is 4.90 Å². The number of carbonyl (C=O) groups excluding carboxylic acids is 2. The maximum atomic E-state index is 12.3. The first-order chi connectivity index (χ1) is 13.7. The number of carbonyl (C=O) groups is 2. The molecule has 2 N–H and O–H groups in total. The first-order valence-electron chi connectivity index (χ1n) is 8.16. The fraction of sp³-hybridized carbons (Fsp3) is 0.222. The number of anilines is 1. The molecule has 0 saturated heterocycles. The van der Waals surface area contributed by atoms with E-state index in [9.17, 15) is 27.7 Å². The second-order valence-electron chi connectivity index (χ2n) is 6.04. The lowest BCUT2D eigenvalue weighted by atomic mass is 10.1. The highest BCUT2D eigenvalue weighted by Gasteiger charge is 2.32. The Kier molecular flexibility index (Phi) is 5.46. The average Bonchev–Trinajstić information content (AvgIpc) is 2.70. The predicted molar refractivity (Wildman–Crippen MR) is 99.8 cm³/mol. The largest absolute Gasteiger partial charge is 0.507 e. The lowest BCUT2D eigenvalue weighted by molar-refractivity contribution is -0.140. The molecule has 11 heteroatoms. The quantitative estimate of drug-likeness (QED) is 0.544. The van der Waals surface area contributed by atoms with Gasteiger partial charge in [0.1, 0.15) is 18.2 Å². The van der Waals surface area contributed by atoms with Gasteiger partial charge in [-0.05, 0) is 29.7 Å². The van der Waals surface area contributed by atoms with Gasteiger partial charge < -0.3 is 24.2 Å². The molecule has 0 aliphatic carbocycles. The van der Waals surface area contributed by atoms with Crippen molar-refractivity contribution in [2.75, 3.05) is 32.5 Å². The highest BCUT2D eigenvalue weighted by Crippen LogP contribution is 2.34. The molecule has 0 fully saturated rings. The summed E-state index contributed by atoms with van der Waals surface area (Å²) in [6.07, 6.45) is 0. The normalized spacial score (nSPS) is 14.8. The molecule has 2 aromatic rings. The van der Waals surface area contributed by atoms with Crippen LogP contribution in [0.3, 0.4) is 0 Å². The van der Waals surface area contributed by atoms with Crippen molar-refractivity contribution in [3.8, 4) is 5.75 Å². The second kappa shape index (κ2) is 7.70. The van der Waals surface area contributed by atoms with Crippen molar-refractivity contribution in [3.05, 3.63) is 41.6 Å². The van der Waals surface area contributed by atoms with Gasteiger partial charge in [0.2, 0.25) is 0 Å².